The van der Waals surface area contributed by atoms with Gasteiger partial charge in [-0.25, -0.2) is 9.59 Å². The zero-order chi connectivity index (χ0) is 13.9. The van der Waals surface area contributed by atoms with E-state index in [0.717, 1.165) is 23.1 Å². The molecular weight excluding hydrogens is 242 g/mol. The quantitative estimate of drug-likeness (QED) is 0.730. The normalized spacial score (nSPS) is 20.7. The Hall–Kier alpha value is -1.84. The zero-order valence-corrected chi connectivity index (χ0v) is 11.6. The first-order chi connectivity index (χ1) is 8.81. The van der Waals surface area contributed by atoms with E-state index >= 15 is 0 Å². The minimum Gasteiger partial charge on any atom is -0.372 e. The van der Waals surface area contributed by atoms with Crippen molar-refractivity contribution in [1.29, 1.82) is 0 Å². The van der Waals surface area contributed by atoms with Crippen LogP contribution in [0.25, 0.3) is 10.9 Å². The van der Waals surface area contributed by atoms with Gasteiger partial charge in [-0.1, -0.05) is 13.0 Å². The molecule has 3 rings (SSSR count). The van der Waals surface area contributed by atoms with Gasteiger partial charge in [-0.05, 0) is 50.3 Å². The van der Waals surface area contributed by atoms with Crippen LogP contribution < -0.4 is 11.4 Å². The molecule has 0 radical (unpaired) electrons. The third-order valence-corrected chi connectivity index (χ3v) is 4.03. The molecule has 4 nitrogen and oxygen atoms in total. The molecule has 0 amide bonds. The van der Waals surface area contributed by atoms with E-state index in [4.69, 9.17) is 4.42 Å². The Morgan fingerprint density at radius 3 is 2.68 bits per heavy atom. The Morgan fingerprint density at radius 1 is 1.32 bits per heavy atom. The van der Waals surface area contributed by atoms with Crippen LogP contribution in [-0.4, -0.2) is 4.57 Å². The average molecular weight is 259 g/mol. The molecule has 2 aromatic rings. The largest absolute Gasteiger partial charge is 0.422 e. The van der Waals surface area contributed by atoms with Gasteiger partial charge in [0.1, 0.15) is 0 Å². The summed E-state index contributed by atoms with van der Waals surface area (Å²) < 4.78 is 6.52. The highest BCUT2D eigenvalue weighted by atomic mass is 16.4. The number of aromatic nitrogens is 1. The van der Waals surface area contributed by atoms with Crippen LogP contribution in [0, 0.1) is 6.92 Å². The molecule has 1 atom stereocenters. The predicted octanol–water partition coefficient (Wildman–Crippen LogP) is 2.51. The van der Waals surface area contributed by atoms with Gasteiger partial charge in [0.2, 0.25) is 0 Å². The number of nitrogens with zero attached hydrogens (tertiary/aromatic N) is 1. The predicted molar refractivity (Wildman–Crippen MR) is 73.8 cm³/mol. The fraction of sp³-hybridized carbons (Fsp3) is 0.467. The van der Waals surface area contributed by atoms with Gasteiger partial charge in [0.15, 0.2) is 0 Å². The van der Waals surface area contributed by atoms with Gasteiger partial charge in [-0.2, -0.15) is 0 Å². The molecule has 1 aliphatic heterocycles. The van der Waals surface area contributed by atoms with Crippen LogP contribution in [0.5, 0.6) is 0 Å². The fourth-order valence-corrected chi connectivity index (χ4v) is 3.36. The summed E-state index contributed by atoms with van der Waals surface area (Å²) in [6, 6.07) is 3.87. The number of rotatable bonds is 0. The maximum atomic E-state index is 12.1. The number of benzene rings is 1. The molecule has 0 saturated heterocycles. The zero-order valence-electron chi connectivity index (χ0n) is 11.6. The van der Waals surface area contributed by atoms with Gasteiger partial charge in [0, 0.05) is 5.54 Å². The van der Waals surface area contributed by atoms with Crippen LogP contribution in [0.15, 0.2) is 26.1 Å². The van der Waals surface area contributed by atoms with Crippen LogP contribution in [0.1, 0.15) is 44.2 Å². The lowest BCUT2D eigenvalue weighted by atomic mass is 9.81. The van der Waals surface area contributed by atoms with Crippen molar-refractivity contribution in [3.8, 4) is 0 Å². The highest BCUT2D eigenvalue weighted by Crippen LogP contribution is 2.39. The summed E-state index contributed by atoms with van der Waals surface area (Å²) in [5.41, 5.74) is 1.96. The molecule has 0 fully saturated rings. The summed E-state index contributed by atoms with van der Waals surface area (Å²) in [5, 5.41) is 0.509. The monoisotopic (exact) mass is 259 g/mol. The molecule has 1 aliphatic rings. The van der Waals surface area contributed by atoms with Gasteiger partial charge in [0.05, 0.1) is 10.9 Å². The van der Waals surface area contributed by atoms with E-state index in [1.54, 1.807) is 10.6 Å². The van der Waals surface area contributed by atoms with Crippen molar-refractivity contribution in [3.05, 3.63) is 44.2 Å². The molecule has 1 aromatic heterocycles. The highest BCUT2D eigenvalue weighted by molar-refractivity contribution is 5.83. The SMILES string of the molecule is Cc1cc2c3c(c1)c(=O)oc(=O)n3C(C)(C)C[C@H]2C. The van der Waals surface area contributed by atoms with Gasteiger partial charge < -0.3 is 4.42 Å². The maximum Gasteiger partial charge on any atom is 0.422 e. The van der Waals surface area contributed by atoms with Crippen LogP contribution in [0.4, 0.5) is 0 Å². The van der Waals surface area contributed by atoms with Crippen molar-refractivity contribution in [2.45, 2.75) is 45.6 Å². The minimum absolute atomic E-state index is 0.318. The van der Waals surface area contributed by atoms with Gasteiger partial charge >= 0.3 is 11.4 Å². The van der Waals surface area contributed by atoms with Crippen molar-refractivity contribution >= 4 is 10.9 Å². The van der Waals surface area contributed by atoms with Crippen molar-refractivity contribution in [2.24, 2.45) is 0 Å². The Kier molecular flexibility index (Phi) is 2.31. The molecule has 0 spiro atoms. The molecule has 19 heavy (non-hydrogen) atoms. The highest BCUT2D eigenvalue weighted by Gasteiger charge is 2.34. The Morgan fingerprint density at radius 2 is 2.00 bits per heavy atom. The summed E-state index contributed by atoms with van der Waals surface area (Å²) in [6.45, 7) is 8.11. The second kappa shape index (κ2) is 3.59. The standard InChI is InChI=1S/C15H17NO3/c1-8-5-10-9(2)7-15(3,4)16-12(10)11(6-8)13(17)19-14(16)18/h5-6,9H,7H2,1-4H3/t9-/m1/s1. The number of hydrogen-bond acceptors (Lipinski definition) is 3. The lowest BCUT2D eigenvalue weighted by Gasteiger charge is -2.36. The molecule has 2 heterocycles. The van der Waals surface area contributed by atoms with Crippen molar-refractivity contribution in [2.75, 3.05) is 0 Å². The smallest absolute Gasteiger partial charge is 0.372 e. The summed E-state index contributed by atoms with van der Waals surface area (Å²) >= 11 is 0. The molecule has 0 aliphatic carbocycles. The molecule has 100 valence electrons. The lowest BCUT2D eigenvalue weighted by Crippen LogP contribution is -2.42. The lowest BCUT2D eigenvalue weighted by molar-refractivity contribution is 0.256. The second-order valence-electron chi connectivity index (χ2n) is 6.16. The van der Waals surface area contributed by atoms with Crippen LogP contribution in [-0.2, 0) is 5.54 Å². The topological polar surface area (TPSA) is 52.2 Å². The third-order valence-electron chi connectivity index (χ3n) is 4.03. The Balaban J connectivity index is 2.65. The molecule has 0 bridgehead atoms. The summed E-state index contributed by atoms with van der Waals surface area (Å²) in [4.78, 5) is 24.0. The molecule has 0 unspecified atom stereocenters. The van der Waals surface area contributed by atoms with Crippen LogP contribution >= 0.6 is 0 Å². The van der Waals surface area contributed by atoms with Gasteiger partial charge in [-0.3, -0.25) is 4.57 Å². The first-order valence-corrected chi connectivity index (χ1v) is 6.52. The van der Waals surface area contributed by atoms with Crippen molar-refractivity contribution in [3.63, 3.8) is 0 Å². The summed E-state index contributed by atoms with van der Waals surface area (Å²) in [7, 11) is 0. The molecule has 4 heteroatoms. The molecule has 0 N–H and O–H groups in total. The van der Waals surface area contributed by atoms with Crippen LogP contribution in [0.2, 0.25) is 0 Å². The number of hydrogen-bond donors (Lipinski definition) is 0. The van der Waals surface area contributed by atoms with E-state index in [1.807, 2.05) is 20.8 Å². The molecule has 0 saturated carbocycles. The maximum absolute atomic E-state index is 12.1. The van der Waals surface area contributed by atoms with E-state index in [2.05, 4.69) is 13.0 Å². The van der Waals surface area contributed by atoms with E-state index in [-0.39, 0.29) is 5.54 Å². The van der Waals surface area contributed by atoms with E-state index in [1.165, 1.54) is 0 Å². The van der Waals surface area contributed by atoms with Crippen molar-refractivity contribution in [1.82, 2.24) is 4.57 Å². The minimum atomic E-state index is -0.556. The summed E-state index contributed by atoms with van der Waals surface area (Å²) in [5.74, 6) is -0.238. The number of aryl methyl sites for hydroxylation is 1. The van der Waals surface area contributed by atoms with E-state index in [9.17, 15) is 9.59 Å². The molecule has 1 aromatic carbocycles. The average Bonchev–Trinajstić information content (AvgIpc) is 2.27. The van der Waals surface area contributed by atoms with Crippen molar-refractivity contribution < 1.29 is 4.42 Å². The second-order valence-corrected chi connectivity index (χ2v) is 6.16. The van der Waals surface area contributed by atoms with Crippen LogP contribution in [0.3, 0.4) is 0 Å². The first kappa shape index (κ1) is 12.2. The van der Waals surface area contributed by atoms with E-state index < -0.39 is 11.4 Å². The van der Waals surface area contributed by atoms with Gasteiger partial charge in [0.25, 0.3) is 0 Å². The van der Waals surface area contributed by atoms with Gasteiger partial charge in [-0.15, -0.1) is 0 Å². The summed E-state index contributed by atoms with van der Waals surface area (Å²) in [6.07, 6.45) is 0.853. The van der Waals surface area contributed by atoms with E-state index in [0.29, 0.717) is 11.3 Å². The fourth-order valence-electron chi connectivity index (χ4n) is 3.36. The Labute approximate surface area is 110 Å². The Bertz CT molecular complexity index is 795. The molecular formula is C15H17NO3. The first-order valence-electron chi connectivity index (χ1n) is 6.52. The third kappa shape index (κ3) is 1.59.